The standard InChI is InChI=1S/C39H55NO4/c1-3-4-5-6-7-8-9-10-11-12-13-14-15-16-17-18-34(41)43-32-22-21-31-27-33-39(42)24-23-29(2)37-38(39,35(31)36(32)44-37)25-26-40(33)28-30-19-20-30/h7-8,10-11,21-22,30,33,37,42H,2-6,9,12-20,23-28H2,1H3/b8-7-,11-10?/t33?,37-,38-,39+/m0/s1. The summed E-state index contributed by atoms with van der Waals surface area (Å²) < 4.78 is 12.7. The zero-order valence-electron chi connectivity index (χ0n) is 27.2. The number of esters is 1. The summed E-state index contributed by atoms with van der Waals surface area (Å²) >= 11 is 0. The Balaban J connectivity index is 0.985. The third-order valence-electron chi connectivity index (χ3n) is 11.3. The Morgan fingerprint density at radius 2 is 1.80 bits per heavy atom. The Hall–Kier alpha value is -2.37. The largest absolute Gasteiger partial charge is 0.481 e. The Bertz CT molecular complexity index is 1250. The Morgan fingerprint density at radius 1 is 1.05 bits per heavy atom. The molecule has 3 aliphatic carbocycles. The second-order valence-corrected chi connectivity index (χ2v) is 14.3. The lowest BCUT2D eigenvalue weighted by atomic mass is 9.48. The number of nitrogens with zero attached hydrogens (tertiary/aromatic N) is 1. The smallest absolute Gasteiger partial charge is 0.311 e. The maximum absolute atomic E-state index is 12.9. The second-order valence-electron chi connectivity index (χ2n) is 14.3. The van der Waals surface area contributed by atoms with Gasteiger partial charge < -0.3 is 14.6 Å². The monoisotopic (exact) mass is 601 g/mol. The molecule has 0 amide bonds. The molecule has 3 fully saturated rings. The zero-order valence-corrected chi connectivity index (χ0v) is 27.2. The van der Waals surface area contributed by atoms with E-state index in [1.807, 2.05) is 6.07 Å². The maximum Gasteiger partial charge on any atom is 0.311 e. The molecular weight excluding hydrogens is 546 g/mol. The van der Waals surface area contributed by atoms with Crippen LogP contribution in [-0.2, 0) is 16.6 Å². The van der Waals surface area contributed by atoms with E-state index in [0.717, 1.165) is 87.9 Å². The molecule has 0 radical (unpaired) electrons. The van der Waals surface area contributed by atoms with Gasteiger partial charge in [0.15, 0.2) is 11.5 Å². The van der Waals surface area contributed by atoms with Crippen LogP contribution in [0.1, 0.15) is 127 Å². The first-order valence-corrected chi connectivity index (χ1v) is 18.0. The first-order chi connectivity index (χ1) is 21.5. The molecule has 5 heteroatoms. The molecule has 240 valence electrons. The maximum atomic E-state index is 12.9. The number of hydrogen-bond donors (Lipinski definition) is 1. The molecule has 0 aromatic heterocycles. The number of aliphatic hydroxyl groups is 1. The van der Waals surface area contributed by atoms with Gasteiger partial charge in [0.05, 0.1) is 11.0 Å². The summed E-state index contributed by atoms with van der Waals surface area (Å²) in [6.45, 7) is 8.73. The minimum atomic E-state index is -0.840. The Kier molecular flexibility index (Phi) is 10.0. The number of carbonyl (C=O) groups is 1. The minimum absolute atomic E-state index is 0.112. The summed E-state index contributed by atoms with van der Waals surface area (Å²) in [5.41, 5.74) is 2.10. The number of carbonyl (C=O) groups excluding carboxylic acids is 1. The van der Waals surface area contributed by atoms with Gasteiger partial charge in [0.25, 0.3) is 0 Å². The molecule has 1 aromatic rings. The van der Waals surface area contributed by atoms with Gasteiger partial charge in [-0.05, 0) is 107 Å². The molecule has 2 bridgehead atoms. The summed E-state index contributed by atoms with van der Waals surface area (Å²) in [7, 11) is 0. The molecule has 2 saturated carbocycles. The predicted molar refractivity (Wildman–Crippen MR) is 177 cm³/mol. The Morgan fingerprint density at radius 3 is 2.57 bits per heavy atom. The normalized spacial score (nSPS) is 28.9. The van der Waals surface area contributed by atoms with E-state index in [4.69, 9.17) is 9.47 Å². The van der Waals surface area contributed by atoms with E-state index >= 15 is 0 Å². The fraction of sp³-hybridized carbons (Fsp3) is 0.667. The van der Waals surface area contributed by atoms with Gasteiger partial charge in [-0.25, -0.2) is 0 Å². The number of allylic oxidation sites excluding steroid dienone is 4. The average Bonchev–Trinajstić information content (AvgIpc) is 3.76. The Labute approximate surface area is 265 Å². The lowest BCUT2D eigenvalue weighted by molar-refractivity contribution is -0.174. The van der Waals surface area contributed by atoms with Crippen LogP contribution in [0.4, 0.5) is 0 Å². The SMILES string of the molecule is C=C1CC[C@@]2(O)C3Cc4ccc(OC(=O)CCCCCCCC=CC/C=C\CCCCC)c5c4[C@@]2(CCN3CC2CC2)[C@H]1O5. The average molecular weight is 602 g/mol. The van der Waals surface area contributed by atoms with Crippen LogP contribution in [0.25, 0.3) is 0 Å². The van der Waals surface area contributed by atoms with Crippen LogP contribution in [0.5, 0.6) is 11.5 Å². The molecule has 6 rings (SSSR count). The fourth-order valence-electron chi connectivity index (χ4n) is 8.72. The van der Waals surface area contributed by atoms with Gasteiger partial charge in [-0.3, -0.25) is 9.69 Å². The van der Waals surface area contributed by atoms with Crippen LogP contribution in [0.2, 0.25) is 0 Å². The number of piperidine rings is 1. The lowest BCUT2D eigenvalue weighted by Gasteiger charge is -2.63. The predicted octanol–water partition coefficient (Wildman–Crippen LogP) is 8.53. The molecule has 1 aromatic carbocycles. The number of hydrogen-bond acceptors (Lipinski definition) is 5. The molecule has 5 aliphatic rings. The fourth-order valence-corrected chi connectivity index (χ4v) is 8.72. The summed E-state index contributed by atoms with van der Waals surface area (Å²) in [5.74, 6) is 1.82. The van der Waals surface area contributed by atoms with Gasteiger partial charge >= 0.3 is 5.97 Å². The lowest BCUT2D eigenvalue weighted by Crippen LogP contribution is -2.75. The number of unbranched alkanes of at least 4 members (excludes halogenated alkanes) is 8. The minimum Gasteiger partial charge on any atom is -0.481 e. The topological polar surface area (TPSA) is 59.0 Å². The molecule has 1 spiro atoms. The van der Waals surface area contributed by atoms with Crippen LogP contribution in [0.15, 0.2) is 48.6 Å². The van der Waals surface area contributed by atoms with Crippen molar-refractivity contribution in [2.75, 3.05) is 13.1 Å². The van der Waals surface area contributed by atoms with Crippen molar-refractivity contribution in [3.63, 3.8) is 0 Å². The van der Waals surface area contributed by atoms with E-state index in [1.54, 1.807) is 0 Å². The first-order valence-electron chi connectivity index (χ1n) is 18.0. The van der Waals surface area contributed by atoms with Crippen molar-refractivity contribution in [1.29, 1.82) is 0 Å². The van der Waals surface area contributed by atoms with Crippen molar-refractivity contribution in [2.24, 2.45) is 5.92 Å². The van der Waals surface area contributed by atoms with Crippen molar-refractivity contribution in [3.05, 3.63) is 59.7 Å². The first kappa shape index (κ1) is 31.6. The molecule has 4 atom stereocenters. The molecule has 44 heavy (non-hydrogen) atoms. The van der Waals surface area contributed by atoms with Crippen molar-refractivity contribution in [3.8, 4) is 11.5 Å². The van der Waals surface area contributed by atoms with E-state index in [2.05, 4.69) is 48.8 Å². The van der Waals surface area contributed by atoms with Gasteiger partial charge in [-0.1, -0.05) is 76.0 Å². The molecule has 1 N–H and O–H groups in total. The number of benzene rings is 1. The van der Waals surface area contributed by atoms with E-state index in [9.17, 15) is 9.90 Å². The summed E-state index contributed by atoms with van der Waals surface area (Å²) in [4.78, 5) is 15.5. The van der Waals surface area contributed by atoms with E-state index in [0.29, 0.717) is 17.9 Å². The third kappa shape index (κ3) is 6.20. The van der Waals surface area contributed by atoms with Crippen LogP contribution in [0.3, 0.4) is 0 Å². The number of likely N-dealkylation sites (tertiary alicyclic amines) is 1. The molecule has 5 nitrogen and oxygen atoms in total. The number of rotatable bonds is 17. The molecule has 2 heterocycles. The van der Waals surface area contributed by atoms with Crippen molar-refractivity contribution < 1.29 is 19.4 Å². The molecule has 1 unspecified atom stereocenters. The zero-order chi connectivity index (χ0) is 30.6. The highest BCUT2D eigenvalue weighted by Gasteiger charge is 2.72. The van der Waals surface area contributed by atoms with Gasteiger partial charge in [0.1, 0.15) is 6.10 Å². The number of ether oxygens (including phenoxy) is 2. The van der Waals surface area contributed by atoms with Crippen molar-refractivity contribution >= 4 is 5.97 Å². The van der Waals surface area contributed by atoms with Crippen LogP contribution in [-0.4, -0.2) is 46.8 Å². The van der Waals surface area contributed by atoms with E-state index in [1.165, 1.54) is 56.9 Å². The molecule has 2 aliphatic heterocycles. The molecule has 1 saturated heterocycles. The highest BCUT2D eigenvalue weighted by atomic mass is 16.6. The van der Waals surface area contributed by atoms with Crippen LogP contribution < -0.4 is 9.47 Å². The second kappa shape index (κ2) is 14.0. The quantitative estimate of drug-likeness (QED) is 0.0839. The third-order valence-corrected chi connectivity index (χ3v) is 11.3. The highest BCUT2D eigenvalue weighted by Crippen LogP contribution is 2.66. The molecular formula is C39H55NO4. The van der Waals surface area contributed by atoms with E-state index in [-0.39, 0.29) is 18.1 Å². The summed E-state index contributed by atoms with van der Waals surface area (Å²) in [5, 5.41) is 12.5. The van der Waals surface area contributed by atoms with E-state index < -0.39 is 11.0 Å². The van der Waals surface area contributed by atoms with Crippen molar-refractivity contribution in [1.82, 2.24) is 4.90 Å². The van der Waals surface area contributed by atoms with Crippen LogP contribution in [0, 0.1) is 5.92 Å². The summed E-state index contributed by atoms with van der Waals surface area (Å²) in [6.07, 6.45) is 27.9. The van der Waals surface area contributed by atoms with Gasteiger partial charge in [0.2, 0.25) is 0 Å². The van der Waals surface area contributed by atoms with Gasteiger partial charge in [-0.2, -0.15) is 0 Å². The summed E-state index contributed by atoms with van der Waals surface area (Å²) in [6, 6.07) is 4.18. The highest BCUT2D eigenvalue weighted by molar-refractivity contribution is 5.75. The van der Waals surface area contributed by atoms with Crippen LogP contribution >= 0.6 is 0 Å². The van der Waals surface area contributed by atoms with Gasteiger partial charge in [0, 0.05) is 24.6 Å². The van der Waals surface area contributed by atoms with Crippen molar-refractivity contribution in [2.45, 2.75) is 146 Å². The van der Waals surface area contributed by atoms with Gasteiger partial charge in [-0.15, -0.1) is 0 Å².